The molecule has 1 amide bonds. The Morgan fingerprint density at radius 3 is 2.44 bits per heavy atom. The van der Waals surface area contributed by atoms with E-state index in [1.54, 1.807) is 32.0 Å². The van der Waals surface area contributed by atoms with Crippen LogP contribution in [-0.4, -0.2) is 32.4 Å². The number of thioether (sulfide) groups is 1. The Hall–Kier alpha value is -1.56. The van der Waals surface area contributed by atoms with Crippen molar-refractivity contribution >= 4 is 40.9 Å². The van der Waals surface area contributed by atoms with Gasteiger partial charge >= 0.3 is 0 Å². The maximum atomic E-state index is 12.0. The molecule has 2 aromatic carbocycles. The molecule has 0 radical (unpaired) electrons. The average Bonchev–Trinajstić information content (AvgIpc) is 2.68. The lowest BCUT2D eigenvalue weighted by molar-refractivity contribution is -0.120. The Morgan fingerprint density at radius 2 is 1.74 bits per heavy atom. The SMILES string of the molecule is COc1ccc(CCC(=O)NCCSCc2ccc(Cl)c(Cl)c2)cc1OC. The highest BCUT2D eigenvalue weighted by atomic mass is 35.5. The molecular formula is C20H23Cl2NO3S. The summed E-state index contributed by atoms with van der Waals surface area (Å²) >= 11 is 13.6. The zero-order valence-electron chi connectivity index (χ0n) is 15.4. The molecule has 4 nitrogen and oxygen atoms in total. The Morgan fingerprint density at radius 1 is 1.00 bits per heavy atom. The largest absolute Gasteiger partial charge is 0.493 e. The van der Waals surface area contributed by atoms with Crippen molar-refractivity contribution < 1.29 is 14.3 Å². The summed E-state index contributed by atoms with van der Waals surface area (Å²) in [6, 6.07) is 11.3. The Balaban J connectivity index is 1.65. The lowest BCUT2D eigenvalue weighted by Gasteiger charge is -2.10. The monoisotopic (exact) mass is 427 g/mol. The van der Waals surface area contributed by atoms with E-state index in [1.807, 2.05) is 30.3 Å². The van der Waals surface area contributed by atoms with Gasteiger partial charge in [0.1, 0.15) is 0 Å². The standard InChI is InChI=1S/C20H23Cl2NO3S/c1-25-18-7-4-14(12-19(18)26-2)5-8-20(24)23-9-10-27-13-15-3-6-16(21)17(22)11-15/h3-4,6-7,11-12H,5,8-10,13H2,1-2H3,(H,23,24). The van der Waals surface area contributed by atoms with E-state index in [-0.39, 0.29) is 5.91 Å². The number of hydrogen-bond acceptors (Lipinski definition) is 4. The second-order valence-corrected chi connectivity index (χ2v) is 7.76. The molecule has 0 bridgehead atoms. The molecule has 2 aromatic rings. The highest BCUT2D eigenvalue weighted by Crippen LogP contribution is 2.28. The zero-order chi connectivity index (χ0) is 19.6. The molecule has 0 saturated carbocycles. The normalized spacial score (nSPS) is 10.5. The minimum absolute atomic E-state index is 0.0416. The molecule has 0 saturated heterocycles. The number of nitrogens with one attached hydrogen (secondary N) is 1. The Kier molecular flexibility index (Phi) is 9.11. The number of rotatable bonds is 10. The molecule has 2 rings (SSSR count). The van der Waals surface area contributed by atoms with E-state index in [4.69, 9.17) is 32.7 Å². The summed E-state index contributed by atoms with van der Waals surface area (Å²) < 4.78 is 10.5. The molecule has 0 heterocycles. The topological polar surface area (TPSA) is 47.6 Å². The predicted molar refractivity (Wildman–Crippen MR) is 114 cm³/mol. The summed E-state index contributed by atoms with van der Waals surface area (Å²) in [4.78, 5) is 12.0. The number of carbonyl (C=O) groups excluding carboxylic acids is 1. The number of hydrogen-bond donors (Lipinski definition) is 1. The molecule has 0 atom stereocenters. The molecule has 0 spiro atoms. The third-order valence-corrected chi connectivity index (χ3v) is 5.68. The van der Waals surface area contributed by atoms with E-state index in [1.165, 1.54) is 0 Å². The van der Waals surface area contributed by atoms with E-state index in [9.17, 15) is 4.79 Å². The molecular weight excluding hydrogens is 405 g/mol. The maximum Gasteiger partial charge on any atom is 0.220 e. The number of aryl methyl sites for hydroxylation is 1. The van der Waals surface area contributed by atoms with E-state index in [0.29, 0.717) is 40.9 Å². The van der Waals surface area contributed by atoms with Crippen LogP contribution in [0.5, 0.6) is 11.5 Å². The first-order valence-electron chi connectivity index (χ1n) is 8.52. The van der Waals surface area contributed by atoms with Crippen molar-refractivity contribution in [3.8, 4) is 11.5 Å². The highest BCUT2D eigenvalue weighted by molar-refractivity contribution is 7.98. The van der Waals surface area contributed by atoms with Crippen LogP contribution in [0, 0.1) is 0 Å². The predicted octanol–water partition coefficient (Wildman–Crippen LogP) is 4.99. The van der Waals surface area contributed by atoms with Crippen LogP contribution in [0.15, 0.2) is 36.4 Å². The van der Waals surface area contributed by atoms with Gasteiger partial charge in [0, 0.05) is 24.5 Å². The third kappa shape index (κ3) is 7.17. The zero-order valence-corrected chi connectivity index (χ0v) is 17.7. The molecule has 146 valence electrons. The highest BCUT2D eigenvalue weighted by Gasteiger charge is 2.07. The van der Waals surface area contributed by atoms with Gasteiger partial charge in [-0.05, 0) is 41.8 Å². The van der Waals surface area contributed by atoms with Gasteiger partial charge in [0.15, 0.2) is 11.5 Å². The minimum atomic E-state index is 0.0416. The number of benzene rings is 2. The van der Waals surface area contributed by atoms with Crippen LogP contribution >= 0.6 is 35.0 Å². The van der Waals surface area contributed by atoms with Crippen molar-refractivity contribution in [2.24, 2.45) is 0 Å². The fraction of sp³-hybridized carbons (Fsp3) is 0.350. The van der Waals surface area contributed by atoms with Gasteiger partial charge in [0.05, 0.1) is 24.3 Å². The lowest BCUT2D eigenvalue weighted by Crippen LogP contribution is -2.25. The second-order valence-electron chi connectivity index (χ2n) is 5.84. The van der Waals surface area contributed by atoms with Crippen LogP contribution in [0.25, 0.3) is 0 Å². The van der Waals surface area contributed by atoms with Crippen molar-refractivity contribution in [1.29, 1.82) is 0 Å². The summed E-state index contributed by atoms with van der Waals surface area (Å²) in [7, 11) is 3.20. The van der Waals surface area contributed by atoms with Crippen molar-refractivity contribution in [2.45, 2.75) is 18.6 Å². The van der Waals surface area contributed by atoms with Crippen molar-refractivity contribution in [2.75, 3.05) is 26.5 Å². The molecule has 0 aliphatic heterocycles. The third-order valence-electron chi connectivity index (χ3n) is 3.91. The molecule has 7 heteroatoms. The maximum absolute atomic E-state index is 12.0. The van der Waals surface area contributed by atoms with Crippen LogP contribution in [-0.2, 0) is 17.0 Å². The van der Waals surface area contributed by atoms with Gasteiger partial charge in [-0.15, -0.1) is 0 Å². The van der Waals surface area contributed by atoms with Gasteiger partial charge in [-0.2, -0.15) is 11.8 Å². The summed E-state index contributed by atoms with van der Waals surface area (Å²) in [6.45, 7) is 0.636. The summed E-state index contributed by atoms with van der Waals surface area (Å²) in [5.74, 6) is 3.07. The average molecular weight is 428 g/mol. The molecule has 1 N–H and O–H groups in total. The summed E-state index contributed by atoms with van der Waals surface area (Å²) in [5.41, 5.74) is 2.16. The van der Waals surface area contributed by atoms with Crippen molar-refractivity contribution in [3.63, 3.8) is 0 Å². The Labute approximate surface area is 174 Å². The van der Waals surface area contributed by atoms with Crippen LogP contribution in [0.3, 0.4) is 0 Å². The molecule has 0 aliphatic rings. The fourth-order valence-electron chi connectivity index (χ4n) is 2.46. The molecule has 0 fully saturated rings. The van der Waals surface area contributed by atoms with E-state index >= 15 is 0 Å². The first-order valence-corrected chi connectivity index (χ1v) is 10.4. The first kappa shape index (κ1) is 21.7. The summed E-state index contributed by atoms with van der Waals surface area (Å²) in [6.07, 6.45) is 1.09. The number of methoxy groups -OCH3 is 2. The van der Waals surface area contributed by atoms with Crippen LogP contribution < -0.4 is 14.8 Å². The van der Waals surface area contributed by atoms with Crippen LogP contribution in [0.2, 0.25) is 10.0 Å². The van der Waals surface area contributed by atoms with Crippen LogP contribution in [0.1, 0.15) is 17.5 Å². The van der Waals surface area contributed by atoms with Gasteiger partial charge in [0.25, 0.3) is 0 Å². The van der Waals surface area contributed by atoms with E-state index in [2.05, 4.69) is 5.32 Å². The molecule has 27 heavy (non-hydrogen) atoms. The number of halogens is 2. The lowest BCUT2D eigenvalue weighted by atomic mass is 10.1. The smallest absolute Gasteiger partial charge is 0.220 e. The van der Waals surface area contributed by atoms with E-state index in [0.717, 1.165) is 22.6 Å². The van der Waals surface area contributed by atoms with Gasteiger partial charge in [-0.25, -0.2) is 0 Å². The quantitative estimate of drug-likeness (QED) is 0.542. The molecule has 0 aliphatic carbocycles. The second kappa shape index (κ2) is 11.3. The van der Waals surface area contributed by atoms with Gasteiger partial charge in [-0.3, -0.25) is 4.79 Å². The van der Waals surface area contributed by atoms with Crippen molar-refractivity contribution in [3.05, 3.63) is 57.6 Å². The van der Waals surface area contributed by atoms with Gasteiger partial charge in [0.2, 0.25) is 5.91 Å². The van der Waals surface area contributed by atoms with Gasteiger partial charge in [-0.1, -0.05) is 35.3 Å². The number of ether oxygens (including phenoxy) is 2. The van der Waals surface area contributed by atoms with Crippen LogP contribution in [0.4, 0.5) is 0 Å². The van der Waals surface area contributed by atoms with Crippen molar-refractivity contribution in [1.82, 2.24) is 5.32 Å². The fourth-order valence-corrected chi connectivity index (χ4v) is 3.59. The van der Waals surface area contributed by atoms with E-state index < -0.39 is 0 Å². The number of carbonyl (C=O) groups is 1. The minimum Gasteiger partial charge on any atom is -0.493 e. The Bertz CT molecular complexity index is 771. The summed E-state index contributed by atoms with van der Waals surface area (Å²) in [5, 5.41) is 4.08. The molecule has 0 aromatic heterocycles. The number of amides is 1. The first-order chi connectivity index (χ1) is 13.0. The molecule has 0 unspecified atom stereocenters. The van der Waals surface area contributed by atoms with Gasteiger partial charge < -0.3 is 14.8 Å².